The van der Waals surface area contributed by atoms with Gasteiger partial charge in [-0.2, -0.15) is 0 Å². The fourth-order valence-electron chi connectivity index (χ4n) is 2.33. The Morgan fingerprint density at radius 1 is 1.04 bits per heavy atom. The van der Waals surface area contributed by atoms with Crippen LogP contribution in [0.4, 0.5) is 5.69 Å². The van der Waals surface area contributed by atoms with Gasteiger partial charge in [-0.05, 0) is 48.2 Å². The molecule has 5 heteroatoms. The first-order chi connectivity index (χ1) is 12.0. The van der Waals surface area contributed by atoms with Crippen LogP contribution in [0.1, 0.15) is 25.0 Å². The smallest absolute Gasteiger partial charge is 0.306 e. The van der Waals surface area contributed by atoms with Gasteiger partial charge in [-0.3, -0.25) is 9.59 Å². The normalized spacial score (nSPS) is 11.6. The Balaban J connectivity index is 1.82. The van der Waals surface area contributed by atoms with Gasteiger partial charge in [-0.1, -0.05) is 38.1 Å². The number of carbonyl (C=O) groups is 2. The molecule has 5 nitrogen and oxygen atoms in total. The second-order valence-electron chi connectivity index (χ2n) is 5.97. The number of ether oxygens (including phenoxy) is 1. The maximum atomic E-state index is 11.9. The summed E-state index contributed by atoms with van der Waals surface area (Å²) < 4.78 is 5.46. The molecule has 0 saturated heterocycles. The maximum Gasteiger partial charge on any atom is 0.306 e. The third-order valence-electron chi connectivity index (χ3n) is 3.90. The fourth-order valence-corrected chi connectivity index (χ4v) is 2.33. The van der Waals surface area contributed by atoms with Gasteiger partial charge in [0.1, 0.15) is 5.75 Å². The van der Waals surface area contributed by atoms with Gasteiger partial charge < -0.3 is 15.2 Å². The molecule has 0 heterocycles. The van der Waals surface area contributed by atoms with Crippen LogP contribution in [0.5, 0.6) is 5.75 Å². The molecule has 0 aliphatic carbocycles. The van der Waals surface area contributed by atoms with E-state index in [0.717, 1.165) is 12.0 Å². The van der Waals surface area contributed by atoms with Crippen LogP contribution >= 0.6 is 0 Å². The quantitative estimate of drug-likeness (QED) is 0.770. The van der Waals surface area contributed by atoms with E-state index >= 15 is 0 Å². The standard InChI is InChI=1S/C20H23NO4/c1-3-15-6-10-18(11-7-15)25-13-19(22)21-17-8-4-16(5-9-17)12-14(2)20(23)24/h4-11,14H,3,12-13H2,1-2H3,(H,21,22)(H,23,24). The van der Waals surface area contributed by atoms with Crippen LogP contribution < -0.4 is 10.1 Å². The predicted octanol–water partition coefficient (Wildman–Crippen LogP) is 3.53. The highest BCUT2D eigenvalue weighted by Gasteiger charge is 2.11. The Morgan fingerprint density at radius 2 is 1.64 bits per heavy atom. The van der Waals surface area contributed by atoms with E-state index in [2.05, 4.69) is 12.2 Å². The molecule has 0 radical (unpaired) electrons. The van der Waals surface area contributed by atoms with E-state index < -0.39 is 11.9 Å². The van der Waals surface area contributed by atoms with E-state index in [-0.39, 0.29) is 12.5 Å². The number of hydrogen-bond acceptors (Lipinski definition) is 3. The van der Waals surface area contributed by atoms with Gasteiger partial charge in [0.05, 0.1) is 5.92 Å². The number of carbonyl (C=O) groups excluding carboxylic acids is 1. The Bertz CT molecular complexity index is 707. The fraction of sp³-hybridized carbons (Fsp3) is 0.300. The van der Waals surface area contributed by atoms with E-state index in [1.54, 1.807) is 19.1 Å². The Hall–Kier alpha value is -2.82. The Labute approximate surface area is 147 Å². The van der Waals surface area contributed by atoms with E-state index in [1.165, 1.54) is 5.56 Å². The lowest BCUT2D eigenvalue weighted by Gasteiger charge is -2.10. The van der Waals surface area contributed by atoms with Crippen molar-refractivity contribution >= 4 is 17.6 Å². The summed E-state index contributed by atoms with van der Waals surface area (Å²) in [6.45, 7) is 3.68. The van der Waals surface area contributed by atoms with Crippen molar-refractivity contribution in [2.45, 2.75) is 26.7 Å². The summed E-state index contributed by atoms with van der Waals surface area (Å²) in [5.74, 6) is -0.842. The van der Waals surface area contributed by atoms with Gasteiger partial charge >= 0.3 is 5.97 Å². The lowest BCUT2D eigenvalue weighted by molar-refractivity contribution is -0.141. The first-order valence-corrected chi connectivity index (χ1v) is 8.31. The third-order valence-corrected chi connectivity index (χ3v) is 3.90. The van der Waals surface area contributed by atoms with Crippen LogP contribution in [0.25, 0.3) is 0 Å². The van der Waals surface area contributed by atoms with Gasteiger partial charge in [0, 0.05) is 5.69 Å². The van der Waals surface area contributed by atoms with Crippen LogP contribution in [-0.4, -0.2) is 23.6 Å². The number of carboxylic acid groups (broad SMARTS) is 1. The summed E-state index contributed by atoms with van der Waals surface area (Å²) in [5, 5.41) is 11.7. The molecule has 25 heavy (non-hydrogen) atoms. The van der Waals surface area contributed by atoms with Crippen molar-refractivity contribution in [3.05, 3.63) is 59.7 Å². The summed E-state index contributed by atoms with van der Waals surface area (Å²) in [6.07, 6.45) is 1.42. The monoisotopic (exact) mass is 341 g/mol. The van der Waals surface area contributed by atoms with Crippen LogP contribution in [0.15, 0.2) is 48.5 Å². The average Bonchev–Trinajstić information content (AvgIpc) is 2.62. The number of anilines is 1. The van der Waals surface area contributed by atoms with Crippen molar-refractivity contribution in [3.8, 4) is 5.75 Å². The molecule has 1 amide bonds. The number of benzene rings is 2. The zero-order chi connectivity index (χ0) is 18.2. The molecule has 0 saturated carbocycles. The lowest BCUT2D eigenvalue weighted by atomic mass is 10.0. The lowest BCUT2D eigenvalue weighted by Crippen LogP contribution is -2.20. The van der Waals surface area contributed by atoms with E-state index in [0.29, 0.717) is 17.9 Å². The predicted molar refractivity (Wildman–Crippen MR) is 96.9 cm³/mol. The van der Waals surface area contributed by atoms with E-state index in [1.807, 2.05) is 36.4 Å². The van der Waals surface area contributed by atoms with Crippen molar-refractivity contribution < 1.29 is 19.4 Å². The highest BCUT2D eigenvalue weighted by Crippen LogP contribution is 2.15. The van der Waals surface area contributed by atoms with Crippen molar-refractivity contribution in [2.24, 2.45) is 5.92 Å². The van der Waals surface area contributed by atoms with Crippen LogP contribution in [0.2, 0.25) is 0 Å². The highest BCUT2D eigenvalue weighted by atomic mass is 16.5. The molecular formula is C20H23NO4. The van der Waals surface area contributed by atoms with Crippen LogP contribution in [0.3, 0.4) is 0 Å². The SMILES string of the molecule is CCc1ccc(OCC(=O)Nc2ccc(CC(C)C(=O)O)cc2)cc1. The molecule has 2 rings (SSSR count). The zero-order valence-corrected chi connectivity index (χ0v) is 14.5. The molecule has 0 fully saturated rings. The van der Waals surface area contributed by atoms with Gasteiger partial charge in [0.25, 0.3) is 5.91 Å². The number of aryl methyl sites for hydroxylation is 1. The minimum Gasteiger partial charge on any atom is -0.484 e. The zero-order valence-electron chi connectivity index (χ0n) is 14.5. The molecule has 1 unspecified atom stereocenters. The minimum atomic E-state index is -0.818. The first kappa shape index (κ1) is 18.5. The molecular weight excluding hydrogens is 318 g/mol. The van der Waals surface area contributed by atoms with Crippen molar-refractivity contribution in [1.29, 1.82) is 0 Å². The maximum absolute atomic E-state index is 11.9. The number of amides is 1. The Kier molecular flexibility index (Phi) is 6.57. The molecule has 0 aromatic heterocycles. The molecule has 0 aliphatic rings. The third kappa shape index (κ3) is 5.95. The first-order valence-electron chi connectivity index (χ1n) is 8.31. The van der Waals surface area contributed by atoms with Crippen molar-refractivity contribution in [2.75, 3.05) is 11.9 Å². The topological polar surface area (TPSA) is 75.6 Å². The largest absolute Gasteiger partial charge is 0.484 e. The highest BCUT2D eigenvalue weighted by molar-refractivity contribution is 5.91. The van der Waals surface area contributed by atoms with Crippen LogP contribution in [-0.2, 0) is 22.4 Å². The summed E-state index contributed by atoms with van der Waals surface area (Å²) in [7, 11) is 0. The van der Waals surface area contributed by atoms with Gasteiger partial charge in [0.2, 0.25) is 0 Å². The second-order valence-corrected chi connectivity index (χ2v) is 5.97. The molecule has 0 bridgehead atoms. The summed E-state index contributed by atoms with van der Waals surface area (Å²) in [6, 6.07) is 14.8. The Morgan fingerprint density at radius 3 is 2.20 bits per heavy atom. The molecule has 0 spiro atoms. The molecule has 2 N–H and O–H groups in total. The summed E-state index contributed by atoms with van der Waals surface area (Å²) in [5.41, 5.74) is 2.79. The number of carboxylic acids is 1. The van der Waals surface area contributed by atoms with Gasteiger partial charge in [-0.15, -0.1) is 0 Å². The number of nitrogens with one attached hydrogen (secondary N) is 1. The van der Waals surface area contributed by atoms with Crippen molar-refractivity contribution in [1.82, 2.24) is 0 Å². The number of rotatable bonds is 8. The summed E-state index contributed by atoms with van der Waals surface area (Å²) in [4.78, 5) is 22.8. The molecule has 2 aromatic carbocycles. The van der Waals surface area contributed by atoms with Gasteiger partial charge in [0.15, 0.2) is 6.61 Å². The molecule has 132 valence electrons. The average molecular weight is 341 g/mol. The van der Waals surface area contributed by atoms with Gasteiger partial charge in [-0.25, -0.2) is 0 Å². The molecule has 0 aliphatic heterocycles. The summed E-state index contributed by atoms with van der Waals surface area (Å²) >= 11 is 0. The minimum absolute atomic E-state index is 0.0662. The van der Waals surface area contributed by atoms with Crippen LogP contribution in [0, 0.1) is 5.92 Å². The number of aliphatic carboxylic acids is 1. The second kappa shape index (κ2) is 8.87. The van der Waals surface area contributed by atoms with E-state index in [9.17, 15) is 9.59 Å². The molecule has 1 atom stereocenters. The van der Waals surface area contributed by atoms with Crippen molar-refractivity contribution in [3.63, 3.8) is 0 Å². The molecule has 2 aromatic rings. The van der Waals surface area contributed by atoms with E-state index in [4.69, 9.17) is 9.84 Å². The number of hydrogen-bond donors (Lipinski definition) is 2.